The summed E-state index contributed by atoms with van der Waals surface area (Å²) in [6.07, 6.45) is 2.52. The van der Waals surface area contributed by atoms with E-state index in [1.54, 1.807) is 18.2 Å². The third kappa shape index (κ3) is 1.33. The van der Waals surface area contributed by atoms with Crippen LogP contribution >= 0.6 is 0 Å². The fraction of sp³-hybridized carbons (Fsp3) is 0. The van der Waals surface area contributed by atoms with Crippen molar-refractivity contribution in [1.82, 2.24) is 0 Å². The number of carbonyl (C=O) groups is 2. The normalized spacial score (nSPS) is 15.4. The highest BCUT2D eigenvalue weighted by Gasteiger charge is 2.24. The Morgan fingerprint density at radius 2 is 1.71 bits per heavy atom. The second kappa shape index (κ2) is 3.10. The van der Waals surface area contributed by atoms with E-state index in [0.29, 0.717) is 5.69 Å². The Morgan fingerprint density at radius 3 is 2.29 bits per heavy atom. The molecule has 3 nitrogen and oxygen atoms in total. The first-order chi connectivity index (χ1) is 6.68. The fourth-order valence-electron chi connectivity index (χ4n) is 1.35. The Bertz CT molecular complexity index is 417. The molecule has 14 heavy (non-hydrogen) atoms. The van der Waals surface area contributed by atoms with Crippen LogP contribution in [0, 0.1) is 6.92 Å². The van der Waals surface area contributed by atoms with Crippen LogP contribution in [0.4, 0.5) is 5.69 Å². The zero-order chi connectivity index (χ0) is 10.1. The Balaban J connectivity index is 2.41. The number of amides is 2. The van der Waals surface area contributed by atoms with Gasteiger partial charge in [-0.1, -0.05) is 12.1 Å². The largest absolute Gasteiger partial charge is 0.269 e. The van der Waals surface area contributed by atoms with Crippen molar-refractivity contribution in [2.45, 2.75) is 0 Å². The maximum atomic E-state index is 11.3. The van der Waals surface area contributed by atoms with Crippen LogP contribution in [0.3, 0.4) is 0 Å². The molecule has 1 aliphatic rings. The highest BCUT2D eigenvalue weighted by molar-refractivity contribution is 6.28. The Morgan fingerprint density at radius 1 is 1.07 bits per heavy atom. The number of nitrogens with zero attached hydrogens (tertiary/aromatic N) is 1. The van der Waals surface area contributed by atoms with Crippen molar-refractivity contribution in [2.75, 3.05) is 4.90 Å². The molecular weight excluding hydrogens is 178 g/mol. The van der Waals surface area contributed by atoms with Gasteiger partial charge in [0.05, 0.1) is 5.69 Å². The lowest BCUT2D eigenvalue weighted by Gasteiger charge is -2.13. The summed E-state index contributed by atoms with van der Waals surface area (Å²) >= 11 is 0. The summed E-state index contributed by atoms with van der Waals surface area (Å²) in [5, 5.41) is 0. The van der Waals surface area contributed by atoms with Gasteiger partial charge >= 0.3 is 0 Å². The molecule has 2 amide bonds. The molecule has 0 fully saturated rings. The zero-order valence-corrected chi connectivity index (χ0v) is 7.43. The summed E-state index contributed by atoms with van der Waals surface area (Å²) in [5.74, 6) is -0.610. The molecule has 69 valence electrons. The third-order valence-electron chi connectivity index (χ3n) is 1.98. The molecule has 0 atom stereocenters. The van der Waals surface area contributed by atoms with E-state index in [2.05, 4.69) is 6.92 Å². The predicted molar refractivity (Wildman–Crippen MR) is 52.5 cm³/mol. The molecule has 0 N–H and O–H groups in total. The first-order valence-corrected chi connectivity index (χ1v) is 4.16. The summed E-state index contributed by atoms with van der Waals surface area (Å²) in [4.78, 5) is 23.7. The molecule has 0 unspecified atom stereocenters. The molecule has 1 aromatic rings. The van der Waals surface area contributed by atoms with Crippen molar-refractivity contribution < 1.29 is 9.59 Å². The van der Waals surface area contributed by atoms with Crippen LogP contribution in [0.5, 0.6) is 0 Å². The number of hydrogen-bond donors (Lipinski definition) is 0. The lowest BCUT2D eigenvalue weighted by Crippen LogP contribution is -2.29. The molecule has 0 aromatic heterocycles. The molecule has 1 aromatic carbocycles. The molecule has 0 spiro atoms. The van der Waals surface area contributed by atoms with Gasteiger partial charge < -0.3 is 0 Å². The smallest absolute Gasteiger partial charge is 0.258 e. The van der Waals surface area contributed by atoms with Gasteiger partial charge in [-0.3, -0.25) is 9.59 Å². The highest BCUT2D eigenvalue weighted by atomic mass is 16.2. The minimum Gasteiger partial charge on any atom is -0.269 e. The van der Waals surface area contributed by atoms with Crippen LogP contribution in [0.25, 0.3) is 0 Å². The summed E-state index contributed by atoms with van der Waals surface area (Å²) in [5.41, 5.74) is 1.34. The molecular formula is C11H8NO2. The lowest BCUT2D eigenvalue weighted by molar-refractivity contribution is -0.119. The quantitative estimate of drug-likeness (QED) is 0.620. The Hall–Kier alpha value is -1.90. The zero-order valence-electron chi connectivity index (χ0n) is 7.43. The first-order valence-electron chi connectivity index (χ1n) is 4.16. The van der Waals surface area contributed by atoms with Gasteiger partial charge in [-0.2, -0.15) is 0 Å². The van der Waals surface area contributed by atoms with E-state index in [4.69, 9.17) is 0 Å². The van der Waals surface area contributed by atoms with Crippen LogP contribution in [0.15, 0.2) is 36.4 Å². The molecule has 0 bridgehead atoms. The SMILES string of the molecule is [CH2]c1cccc(N2C(=O)C=CC2=O)c1. The van der Waals surface area contributed by atoms with Crippen molar-refractivity contribution in [3.05, 3.63) is 48.9 Å². The van der Waals surface area contributed by atoms with Crippen molar-refractivity contribution >= 4 is 17.5 Å². The summed E-state index contributed by atoms with van der Waals surface area (Å²) in [7, 11) is 0. The summed E-state index contributed by atoms with van der Waals surface area (Å²) in [6, 6.07) is 6.97. The number of rotatable bonds is 1. The van der Waals surface area contributed by atoms with Gasteiger partial charge in [-0.05, 0) is 24.6 Å². The summed E-state index contributed by atoms with van der Waals surface area (Å²) in [6.45, 7) is 3.73. The third-order valence-corrected chi connectivity index (χ3v) is 1.98. The second-order valence-electron chi connectivity index (χ2n) is 3.02. The summed E-state index contributed by atoms with van der Waals surface area (Å²) < 4.78 is 0. The number of carbonyl (C=O) groups excluding carboxylic acids is 2. The number of anilines is 1. The highest BCUT2D eigenvalue weighted by Crippen LogP contribution is 2.19. The van der Waals surface area contributed by atoms with Crippen molar-refractivity contribution in [3.63, 3.8) is 0 Å². The maximum Gasteiger partial charge on any atom is 0.258 e. The molecule has 3 heteroatoms. The number of benzene rings is 1. The van der Waals surface area contributed by atoms with Crippen LogP contribution in [0.1, 0.15) is 5.56 Å². The molecule has 1 radical (unpaired) electrons. The second-order valence-corrected chi connectivity index (χ2v) is 3.02. The Labute approximate surface area is 81.6 Å². The van der Waals surface area contributed by atoms with Gasteiger partial charge in [0.25, 0.3) is 11.8 Å². The first kappa shape index (κ1) is 8.69. The average Bonchev–Trinajstić information content (AvgIpc) is 2.46. The minimum absolute atomic E-state index is 0.305. The van der Waals surface area contributed by atoms with E-state index in [1.807, 2.05) is 6.07 Å². The number of hydrogen-bond acceptors (Lipinski definition) is 2. The van der Waals surface area contributed by atoms with Crippen LogP contribution < -0.4 is 4.90 Å². The van der Waals surface area contributed by atoms with E-state index in [0.717, 1.165) is 10.5 Å². The number of imide groups is 1. The van der Waals surface area contributed by atoms with Gasteiger partial charge in [0.15, 0.2) is 0 Å². The van der Waals surface area contributed by atoms with Gasteiger partial charge in [-0.15, -0.1) is 0 Å². The van der Waals surface area contributed by atoms with Gasteiger partial charge in [-0.25, -0.2) is 4.90 Å². The monoisotopic (exact) mass is 186 g/mol. The van der Waals surface area contributed by atoms with Crippen molar-refractivity contribution in [3.8, 4) is 0 Å². The van der Waals surface area contributed by atoms with Gasteiger partial charge in [0.1, 0.15) is 0 Å². The van der Waals surface area contributed by atoms with Gasteiger partial charge in [0, 0.05) is 12.2 Å². The van der Waals surface area contributed by atoms with E-state index in [9.17, 15) is 9.59 Å². The van der Waals surface area contributed by atoms with E-state index in [1.165, 1.54) is 12.2 Å². The average molecular weight is 186 g/mol. The Kier molecular flexibility index (Phi) is 1.93. The molecule has 0 saturated heterocycles. The van der Waals surface area contributed by atoms with Crippen molar-refractivity contribution in [1.29, 1.82) is 0 Å². The predicted octanol–water partition coefficient (Wildman–Crippen LogP) is 1.30. The molecule has 0 saturated carbocycles. The fourth-order valence-corrected chi connectivity index (χ4v) is 1.35. The van der Waals surface area contributed by atoms with E-state index >= 15 is 0 Å². The van der Waals surface area contributed by atoms with Crippen LogP contribution in [0.2, 0.25) is 0 Å². The molecule has 2 rings (SSSR count). The molecule has 1 heterocycles. The lowest BCUT2D eigenvalue weighted by atomic mass is 10.2. The maximum absolute atomic E-state index is 11.3. The standard InChI is InChI=1S/C11H8NO2/c1-8-3-2-4-9(7-8)12-10(13)5-6-11(12)14/h2-7H,1H2. The van der Waals surface area contributed by atoms with Crippen molar-refractivity contribution in [2.24, 2.45) is 0 Å². The topological polar surface area (TPSA) is 37.4 Å². The minimum atomic E-state index is -0.305. The van der Waals surface area contributed by atoms with Gasteiger partial charge in [0.2, 0.25) is 0 Å². The molecule has 0 aliphatic carbocycles. The molecule has 1 aliphatic heterocycles. The van der Waals surface area contributed by atoms with E-state index in [-0.39, 0.29) is 11.8 Å². The van der Waals surface area contributed by atoms with Crippen LogP contribution in [-0.2, 0) is 9.59 Å². The van der Waals surface area contributed by atoms with Crippen LogP contribution in [-0.4, -0.2) is 11.8 Å². The van der Waals surface area contributed by atoms with E-state index < -0.39 is 0 Å².